The van der Waals surface area contributed by atoms with E-state index in [1.165, 1.54) is 0 Å². The highest BCUT2D eigenvalue weighted by molar-refractivity contribution is 7.84. The Labute approximate surface area is 161 Å². The summed E-state index contributed by atoms with van der Waals surface area (Å²) in [6.07, 6.45) is 3.46. The van der Waals surface area contributed by atoms with E-state index in [-0.39, 0.29) is 0 Å². The standard InChI is InChI=1S/C18H22Cl2N2O2S/c1-11-10-21-9-8-12(11)17(22-25(23)18(2,3)4)15-14(24-5)7-6-13(19)16(15)20/h6-10,17,22H,1-5H3. The first kappa shape index (κ1) is 20.2. The third-order valence-electron chi connectivity index (χ3n) is 3.76. The number of rotatable bonds is 5. The predicted molar refractivity (Wildman–Crippen MR) is 105 cm³/mol. The molecule has 1 heterocycles. The van der Waals surface area contributed by atoms with Gasteiger partial charge in [0.1, 0.15) is 5.75 Å². The number of hydrogen-bond acceptors (Lipinski definition) is 3. The van der Waals surface area contributed by atoms with E-state index in [0.717, 1.165) is 11.1 Å². The van der Waals surface area contributed by atoms with Crippen molar-refractivity contribution in [2.24, 2.45) is 0 Å². The summed E-state index contributed by atoms with van der Waals surface area (Å²) in [4.78, 5) is 4.14. The van der Waals surface area contributed by atoms with Gasteiger partial charge in [-0.05, 0) is 57.0 Å². The molecule has 0 saturated heterocycles. The van der Waals surface area contributed by atoms with Crippen LogP contribution in [0.3, 0.4) is 0 Å². The smallest absolute Gasteiger partial charge is 0.125 e. The lowest BCUT2D eigenvalue weighted by molar-refractivity contribution is 0.407. The van der Waals surface area contributed by atoms with E-state index in [1.807, 2.05) is 33.8 Å². The summed E-state index contributed by atoms with van der Waals surface area (Å²) in [5.74, 6) is 0.578. The Kier molecular flexibility index (Phi) is 6.49. The third-order valence-corrected chi connectivity index (χ3v) is 6.14. The van der Waals surface area contributed by atoms with Crippen LogP contribution in [-0.4, -0.2) is 21.0 Å². The Morgan fingerprint density at radius 1 is 1.24 bits per heavy atom. The first-order chi connectivity index (χ1) is 11.7. The maximum Gasteiger partial charge on any atom is 0.125 e. The van der Waals surface area contributed by atoms with Crippen LogP contribution >= 0.6 is 23.2 Å². The molecule has 0 bridgehead atoms. The Balaban J connectivity index is 2.67. The molecule has 0 spiro atoms. The van der Waals surface area contributed by atoms with Crippen molar-refractivity contribution in [1.82, 2.24) is 9.71 Å². The molecule has 0 aliphatic heterocycles. The second-order valence-electron chi connectivity index (χ2n) is 6.64. The van der Waals surface area contributed by atoms with Gasteiger partial charge in [-0.3, -0.25) is 4.98 Å². The van der Waals surface area contributed by atoms with E-state index >= 15 is 0 Å². The number of benzene rings is 1. The minimum atomic E-state index is -1.33. The number of aromatic nitrogens is 1. The number of nitrogens with one attached hydrogen (secondary N) is 1. The van der Waals surface area contributed by atoms with Gasteiger partial charge in [0.05, 0.1) is 38.9 Å². The van der Waals surface area contributed by atoms with E-state index < -0.39 is 21.8 Å². The summed E-state index contributed by atoms with van der Waals surface area (Å²) in [6, 6.07) is 4.87. The molecule has 2 unspecified atom stereocenters. The van der Waals surface area contributed by atoms with Crippen LogP contribution < -0.4 is 9.46 Å². The summed E-state index contributed by atoms with van der Waals surface area (Å²) in [6.45, 7) is 7.66. The van der Waals surface area contributed by atoms with Crippen LogP contribution in [0.5, 0.6) is 5.75 Å². The van der Waals surface area contributed by atoms with Crippen molar-refractivity contribution in [2.75, 3.05) is 7.11 Å². The predicted octanol–water partition coefficient (Wildman–Crippen LogP) is 4.85. The number of methoxy groups -OCH3 is 1. The number of pyridine rings is 1. The molecule has 25 heavy (non-hydrogen) atoms. The minimum absolute atomic E-state index is 0.376. The molecule has 1 aromatic carbocycles. The van der Waals surface area contributed by atoms with Gasteiger partial charge in [0, 0.05) is 18.0 Å². The van der Waals surface area contributed by atoms with Gasteiger partial charge in [-0.1, -0.05) is 23.2 Å². The maximum atomic E-state index is 12.8. The maximum absolute atomic E-state index is 12.8. The molecule has 0 saturated carbocycles. The second-order valence-corrected chi connectivity index (χ2v) is 9.42. The van der Waals surface area contributed by atoms with Gasteiger partial charge in [0.25, 0.3) is 0 Å². The average molecular weight is 401 g/mol. The molecular formula is C18H22Cl2N2O2S. The lowest BCUT2D eigenvalue weighted by atomic mass is 9.96. The molecule has 136 valence electrons. The minimum Gasteiger partial charge on any atom is -0.496 e. The van der Waals surface area contributed by atoms with Crippen molar-refractivity contribution in [3.63, 3.8) is 0 Å². The number of nitrogens with zero attached hydrogens (tertiary/aromatic N) is 1. The number of hydrogen-bond donors (Lipinski definition) is 1. The van der Waals surface area contributed by atoms with Crippen LogP contribution in [0.25, 0.3) is 0 Å². The molecule has 2 aromatic rings. The summed E-state index contributed by atoms with van der Waals surface area (Å²) < 4.78 is 21.0. The van der Waals surface area contributed by atoms with Crippen LogP contribution in [0, 0.1) is 6.92 Å². The number of aryl methyl sites for hydroxylation is 1. The fraction of sp³-hybridized carbons (Fsp3) is 0.389. The van der Waals surface area contributed by atoms with E-state index in [9.17, 15) is 4.21 Å². The normalized spacial score (nSPS) is 14.2. The van der Waals surface area contributed by atoms with Crippen LogP contribution in [0.4, 0.5) is 0 Å². The Morgan fingerprint density at radius 3 is 2.48 bits per heavy atom. The molecule has 0 aliphatic carbocycles. The fourth-order valence-electron chi connectivity index (χ4n) is 2.37. The Hall–Kier alpha value is -1.14. The van der Waals surface area contributed by atoms with Crippen molar-refractivity contribution in [1.29, 1.82) is 0 Å². The van der Waals surface area contributed by atoms with Gasteiger partial charge < -0.3 is 4.74 Å². The van der Waals surface area contributed by atoms with Gasteiger partial charge in [0.2, 0.25) is 0 Å². The monoisotopic (exact) mass is 400 g/mol. The zero-order valence-electron chi connectivity index (χ0n) is 14.9. The summed E-state index contributed by atoms with van der Waals surface area (Å²) in [5, 5.41) is 0.790. The Morgan fingerprint density at radius 2 is 1.92 bits per heavy atom. The summed E-state index contributed by atoms with van der Waals surface area (Å²) >= 11 is 12.7. The van der Waals surface area contributed by atoms with Crippen molar-refractivity contribution in [3.05, 3.63) is 57.3 Å². The summed E-state index contributed by atoms with van der Waals surface area (Å²) in [7, 11) is 0.240. The molecule has 0 fully saturated rings. The van der Waals surface area contributed by atoms with Crippen molar-refractivity contribution in [3.8, 4) is 5.75 Å². The molecule has 0 radical (unpaired) electrons. The van der Waals surface area contributed by atoms with E-state index in [1.54, 1.807) is 31.6 Å². The number of ether oxygens (including phenoxy) is 1. The first-order valence-corrected chi connectivity index (χ1v) is 9.67. The quantitative estimate of drug-likeness (QED) is 0.780. The van der Waals surface area contributed by atoms with Crippen LogP contribution in [0.1, 0.15) is 43.5 Å². The first-order valence-electron chi connectivity index (χ1n) is 7.77. The van der Waals surface area contributed by atoms with Gasteiger partial charge in [-0.25, -0.2) is 8.93 Å². The van der Waals surface area contributed by atoms with E-state index in [4.69, 9.17) is 27.9 Å². The molecular weight excluding hydrogens is 379 g/mol. The van der Waals surface area contributed by atoms with Gasteiger partial charge in [-0.15, -0.1) is 0 Å². The van der Waals surface area contributed by atoms with Crippen LogP contribution in [0.2, 0.25) is 10.0 Å². The molecule has 1 aromatic heterocycles. The lowest BCUT2D eigenvalue weighted by Gasteiger charge is -2.27. The zero-order valence-corrected chi connectivity index (χ0v) is 17.2. The van der Waals surface area contributed by atoms with Crippen LogP contribution in [0.15, 0.2) is 30.6 Å². The highest BCUT2D eigenvalue weighted by Crippen LogP contribution is 2.40. The lowest BCUT2D eigenvalue weighted by Crippen LogP contribution is -2.36. The third kappa shape index (κ3) is 4.53. The Bertz CT molecular complexity index is 791. The molecule has 4 nitrogen and oxygen atoms in total. The SMILES string of the molecule is COc1ccc(Cl)c(Cl)c1C(NS(=O)C(C)(C)C)c1ccncc1C. The molecule has 0 aliphatic rings. The topological polar surface area (TPSA) is 51.2 Å². The average Bonchev–Trinajstić information content (AvgIpc) is 2.55. The molecule has 7 heteroatoms. The van der Waals surface area contributed by atoms with Crippen molar-refractivity contribution < 1.29 is 8.95 Å². The largest absolute Gasteiger partial charge is 0.496 e. The molecule has 1 N–H and O–H groups in total. The number of halogens is 2. The van der Waals surface area contributed by atoms with Gasteiger partial charge in [0.15, 0.2) is 0 Å². The highest BCUT2D eigenvalue weighted by atomic mass is 35.5. The highest BCUT2D eigenvalue weighted by Gasteiger charge is 2.29. The van der Waals surface area contributed by atoms with Gasteiger partial charge >= 0.3 is 0 Å². The van der Waals surface area contributed by atoms with E-state index in [2.05, 4.69) is 9.71 Å². The van der Waals surface area contributed by atoms with Gasteiger partial charge in [-0.2, -0.15) is 0 Å². The molecule has 2 rings (SSSR count). The fourth-order valence-corrected chi connectivity index (χ4v) is 3.61. The molecule has 0 amide bonds. The summed E-state index contributed by atoms with van der Waals surface area (Å²) in [5.41, 5.74) is 2.52. The van der Waals surface area contributed by atoms with Crippen LogP contribution in [-0.2, 0) is 11.0 Å². The van der Waals surface area contributed by atoms with E-state index in [0.29, 0.717) is 21.4 Å². The molecule has 2 atom stereocenters. The van der Waals surface area contributed by atoms with Crippen molar-refractivity contribution in [2.45, 2.75) is 38.5 Å². The second kappa shape index (κ2) is 8.04. The zero-order chi connectivity index (χ0) is 18.8. The van der Waals surface area contributed by atoms with Crippen molar-refractivity contribution >= 4 is 34.2 Å².